The van der Waals surface area contributed by atoms with E-state index in [2.05, 4.69) is 15.9 Å². The lowest BCUT2D eigenvalue weighted by Gasteiger charge is -2.19. The Labute approximate surface area is 140 Å². The Hall–Kier alpha value is -1.73. The molecule has 3 N–H and O–H groups in total. The predicted molar refractivity (Wildman–Crippen MR) is 85.2 cm³/mol. The van der Waals surface area contributed by atoms with Crippen LogP contribution in [0.4, 0.5) is 18.9 Å². The van der Waals surface area contributed by atoms with Gasteiger partial charge in [0.25, 0.3) is 0 Å². The molecule has 2 rings (SSSR count). The molecule has 0 radical (unpaired) electrons. The summed E-state index contributed by atoms with van der Waals surface area (Å²) in [6.07, 6.45) is -5.82. The zero-order valence-electron chi connectivity index (χ0n) is 12.2. The standard InChI is InChI=1S/C16H15BrF3NO2/c1-2-23-13-5-3-4-10(14(13)17)15(22)11-8-9(16(18,19)20)6-7-12(11)21/h3-8,15,22H,2,21H2,1H3. The molecular formula is C16H15BrF3NO2. The number of ether oxygens (including phenoxy) is 1. The lowest BCUT2D eigenvalue weighted by Crippen LogP contribution is -2.10. The second-order valence-electron chi connectivity index (χ2n) is 4.84. The van der Waals surface area contributed by atoms with Crippen LogP contribution < -0.4 is 10.5 Å². The molecule has 0 saturated carbocycles. The number of anilines is 1. The van der Waals surface area contributed by atoms with Crippen LogP contribution in [-0.2, 0) is 6.18 Å². The molecule has 1 unspecified atom stereocenters. The number of rotatable bonds is 4. The number of benzene rings is 2. The molecule has 0 bridgehead atoms. The van der Waals surface area contributed by atoms with Crippen LogP contribution in [0.1, 0.15) is 29.7 Å². The van der Waals surface area contributed by atoms with Gasteiger partial charge in [-0.1, -0.05) is 12.1 Å². The number of halogens is 4. The van der Waals surface area contributed by atoms with Crippen LogP contribution in [0.3, 0.4) is 0 Å². The third-order valence-electron chi connectivity index (χ3n) is 3.30. The Morgan fingerprint density at radius 3 is 2.52 bits per heavy atom. The molecule has 3 nitrogen and oxygen atoms in total. The normalized spacial score (nSPS) is 13.0. The van der Waals surface area contributed by atoms with Gasteiger partial charge in [0.2, 0.25) is 0 Å². The van der Waals surface area contributed by atoms with E-state index in [0.717, 1.165) is 18.2 Å². The van der Waals surface area contributed by atoms with Gasteiger partial charge in [0.15, 0.2) is 0 Å². The monoisotopic (exact) mass is 389 g/mol. The summed E-state index contributed by atoms with van der Waals surface area (Å²) in [5.41, 5.74) is 5.33. The number of aliphatic hydroxyl groups excluding tert-OH is 1. The van der Waals surface area contributed by atoms with Gasteiger partial charge in [-0.3, -0.25) is 0 Å². The fraction of sp³-hybridized carbons (Fsp3) is 0.250. The zero-order valence-corrected chi connectivity index (χ0v) is 13.8. The highest BCUT2D eigenvalue weighted by molar-refractivity contribution is 9.10. The van der Waals surface area contributed by atoms with E-state index in [1.165, 1.54) is 0 Å². The van der Waals surface area contributed by atoms with E-state index < -0.39 is 17.8 Å². The molecule has 0 aromatic heterocycles. The summed E-state index contributed by atoms with van der Waals surface area (Å²) < 4.78 is 44.5. The molecule has 0 heterocycles. The van der Waals surface area contributed by atoms with Gasteiger partial charge in [-0.2, -0.15) is 13.2 Å². The van der Waals surface area contributed by atoms with Crippen LogP contribution in [0.15, 0.2) is 40.9 Å². The first-order chi connectivity index (χ1) is 10.8. The van der Waals surface area contributed by atoms with Gasteiger partial charge in [0.1, 0.15) is 11.9 Å². The van der Waals surface area contributed by atoms with Gasteiger partial charge in [-0.15, -0.1) is 0 Å². The van der Waals surface area contributed by atoms with Gasteiger partial charge in [-0.05, 0) is 47.1 Å². The second-order valence-corrected chi connectivity index (χ2v) is 5.63. The zero-order chi connectivity index (χ0) is 17.2. The van der Waals surface area contributed by atoms with Crippen LogP contribution in [0.25, 0.3) is 0 Å². The molecule has 2 aromatic carbocycles. The van der Waals surface area contributed by atoms with Gasteiger partial charge in [0, 0.05) is 16.8 Å². The molecule has 2 aromatic rings. The quantitative estimate of drug-likeness (QED) is 0.755. The highest BCUT2D eigenvalue weighted by atomic mass is 79.9. The van der Waals surface area contributed by atoms with E-state index in [0.29, 0.717) is 22.4 Å². The molecule has 0 spiro atoms. The fourth-order valence-corrected chi connectivity index (χ4v) is 2.76. The van der Waals surface area contributed by atoms with E-state index in [9.17, 15) is 18.3 Å². The number of alkyl halides is 3. The van der Waals surface area contributed by atoms with Crippen molar-refractivity contribution in [1.29, 1.82) is 0 Å². The van der Waals surface area contributed by atoms with Crippen molar-refractivity contribution in [2.45, 2.75) is 19.2 Å². The number of nitrogens with two attached hydrogens (primary N) is 1. The average molecular weight is 390 g/mol. The fourth-order valence-electron chi connectivity index (χ4n) is 2.16. The molecule has 23 heavy (non-hydrogen) atoms. The van der Waals surface area contributed by atoms with Crippen LogP contribution in [0, 0.1) is 0 Å². The summed E-state index contributed by atoms with van der Waals surface area (Å²) in [5, 5.41) is 10.5. The van der Waals surface area contributed by atoms with Gasteiger partial charge >= 0.3 is 6.18 Å². The van der Waals surface area contributed by atoms with E-state index >= 15 is 0 Å². The van der Waals surface area contributed by atoms with Crippen LogP contribution in [0.2, 0.25) is 0 Å². The van der Waals surface area contributed by atoms with Gasteiger partial charge in [-0.25, -0.2) is 0 Å². The van der Waals surface area contributed by atoms with Crippen molar-refractivity contribution in [3.8, 4) is 5.75 Å². The van der Waals surface area contributed by atoms with Crippen molar-refractivity contribution in [3.05, 3.63) is 57.6 Å². The van der Waals surface area contributed by atoms with Crippen LogP contribution in [-0.4, -0.2) is 11.7 Å². The Balaban J connectivity index is 2.49. The van der Waals surface area contributed by atoms with E-state index in [-0.39, 0.29) is 11.3 Å². The van der Waals surface area contributed by atoms with Gasteiger partial charge < -0.3 is 15.6 Å². The second kappa shape index (κ2) is 6.80. The lowest BCUT2D eigenvalue weighted by atomic mass is 9.97. The molecule has 0 aliphatic rings. The highest BCUT2D eigenvalue weighted by Gasteiger charge is 2.32. The molecule has 0 aliphatic carbocycles. The molecule has 124 valence electrons. The van der Waals surface area contributed by atoms with Crippen molar-refractivity contribution < 1.29 is 23.0 Å². The number of aliphatic hydroxyl groups is 1. The number of hydrogen-bond acceptors (Lipinski definition) is 3. The van der Waals surface area contributed by atoms with Crippen molar-refractivity contribution >= 4 is 21.6 Å². The maximum atomic E-state index is 12.9. The molecule has 1 atom stereocenters. The third-order valence-corrected chi connectivity index (χ3v) is 4.14. The summed E-state index contributed by atoms with van der Waals surface area (Å²) in [4.78, 5) is 0. The van der Waals surface area contributed by atoms with E-state index in [1.807, 2.05) is 0 Å². The summed E-state index contributed by atoms with van der Waals surface area (Å²) in [6.45, 7) is 2.23. The topological polar surface area (TPSA) is 55.5 Å². The minimum atomic E-state index is -4.51. The van der Waals surface area contributed by atoms with Gasteiger partial charge in [0.05, 0.1) is 16.6 Å². The molecule has 0 saturated heterocycles. The first-order valence-corrected chi connectivity index (χ1v) is 7.61. The van der Waals surface area contributed by atoms with Crippen molar-refractivity contribution in [2.75, 3.05) is 12.3 Å². The van der Waals surface area contributed by atoms with Crippen molar-refractivity contribution in [1.82, 2.24) is 0 Å². The summed E-state index contributed by atoms with van der Waals surface area (Å²) >= 11 is 3.31. The first kappa shape index (κ1) is 17.6. The van der Waals surface area contributed by atoms with Crippen molar-refractivity contribution in [2.24, 2.45) is 0 Å². The maximum Gasteiger partial charge on any atom is 0.416 e. The minimum absolute atomic E-state index is 0.00539. The first-order valence-electron chi connectivity index (χ1n) is 6.81. The molecule has 0 amide bonds. The Morgan fingerprint density at radius 1 is 1.22 bits per heavy atom. The summed E-state index contributed by atoms with van der Waals surface area (Å²) in [7, 11) is 0. The molecule has 7 heteroatoms. The molecule has 0 aliphatic heterocycles. The SMILES string of the molecule is CCOc1cccc(C(O)c2cc(C(F)(F)F)ccc2N)c1Br. The number of hydrogen-bond donors (Lipinski definition) is 2. The Morgan fingerprint density at radius 2 is 1.91 bits per heavy atom. The molecular weight excluding hydrogens is 375 g/mol. The van der Waals surface area contributed by atoms with Crippen molar-refractivity contribution in [3.63, 3.8) is 0 Å². The Kier molecular flexibility index (Phi) is 5.21. The minimum Gasteiger partial charge on any atom is -0.493 e. The molecule has 0 fully saturated rings. The van der Waals surface area contributed by atoms with E-state index in [4.69, 9.17) is 10.5 Å². The van der Waals surface area contributed by atoms with E-state index in [1.54, 1.807) is 25.1 Å². The predicted octanol–water partition coefficient (Wildman–Crippen LogP) is 4.53. The summed E-state index contributed by atoms with van der Waals surface area (Å²) in [6, 6.07) is 7.83. The van der Waals surface area contributed by atoms with Crippen LogP contribution >= 0.6 is 15.9 Å². The highest BCUT2D eigenvalue weighted by Crippen LogP contribution is 2.39. The smallest absolute Gasteiger partial charge is 0.416 e. The summed E-state index contributed by atoms with van der Waals surface area (Å²) in [5.74, 6) is 0.495. The largest absolute Gasteiger partial charge is 0.493 e. The Bertz CT molecular complexity index is 704. The third kappa shape index (κ3) is 3.79. The lowest BCUT2D eigenvalue weighted by molar-refractivity contribution is -0.137. The van der Waals surface area contributed by atoms with Crippen LogP contribution in [0.5, 0.6) is 5.75 Å². The average Bonchev–Trinajstić information content (AvgIpc) is 2.48. The maximum absolute atomic E-state index is 12.9. The number of nitrogen functional groups attached to an aromatic ring is 1.